The summed E-state index contributed by atoms with van der Waals surface area (Å²) in [7, 11) is 0. The van der Waals surface area contributed by atoms with Crippen molar-refractivity contribution in [1.29, 1.82) is 0 Å². The maximum atomic E-state index is 13.5. The lowest BCUT2D eigenvalue weighted by atomic mass is 10.2. The molecule has 0 unspecified atom stereocenters. The van der Waals surface area contributed by atoms with Crippen molar-refractivity contribution in [2.24, 2.45) is 0 Å². The molecule has 1 aromatic rings. The van der Waals surface area contributed by atoms with Crippen LogP contribution in [0.15, 0.2) is 24.3 Å². The zero-order valence-electron chi connectivity index (χ0n) is 7.82. The summed E-state index contributed by atoms with van der Waals surface area (Å²) in [6.07, 6.45) is 1.37. The van der Waals surface area contributed by atoms with Crippen molar-refractivity contribution in [3.05, 3.63) is 30.1 Å². The van der Waals surface area contributed by atoms with Crippen LogP contribution in [0.5, 0.6) is 0 Å². The third-order valence-electron chi connectivity index (χ3n) is 3.06. The van der Waals surface area contributed by atoms with Gasteiger partial charge in [-0.15, -0.1) is 0 Å². The van der Waals surface area contributed by atoms with Gasteiger partial charge >= 0.3 is 0 Å². The number of benzene rings is 1. The van der Waals surface area contributed by atoms with Gasteiger partial charge < -0.3 is 9.64 Å². The molecule has 2 atom stereocenters. The quantitative estimate of drug-likeness (QED) is 0.674. The van der Waals surface area contributed by atoms with Gasteiger partial charge in [0, 0.05) is 6.54 Å². The molecule has 2 fully saturated rings. The maximum absolute atomic E-state index is 13.5. The summed E-state index contributed by atoms with van der Waals surface area (Å²) in [5.41, 5.74) is 0.725. The molecule has 0 amide bonds. The second kappa shape index (κ2) is 2.95. The molecule has 0 saturated carbocycles. The molecule has 3 rings (SSSR count). The Morgan fingerprint density at radius 1 is 1.36 bits per heavy atom. The Morgan fingerprint density at radius 2 is 2.21 bits per heavy atom. The Labute approximate surface area is 82.3 Å². The number of nitrogens with zero attached hydrogens (tertiary/aromatic N) is 1. The average Bonchev–Trinajstić information content (AvgIpc) is 2.79. The highest BCUT2D eigenvalue weighted by atomic mass is 19.1. The van der Waals surface area contributed by atoms with Crippen LogP contribution >= 0.6 is 0 Å². The Hall–Kier alpha value is -1.09. The SMILES string of the molecule is Fc1ccccc1N1C[C@@H]2C[C@H]1CO2. The zero-order valence-corrected chi connectivity index (χ0v) is 7.82. The number of halogens is 1. The first kappa shape index (κ1) is 8.24. The molecule has 2 bridgehead atoms. The van der Waals surface area contributed by atoms with Crippen LogP contribution in [0.1, 0.15) is 6.42 Å². The number of hydrogen-bond acceptors (Lipinski definition) is 2. The standard InChI is InChI=1S/C11H12FNO/c12-10-3-1-2-4-11(10)13-6-9-5-8(13)7-14-9/h1-4,8-9H,5-7H2/t8-,9-/m0/s1. The minimum Gasteiger partial charge on any atom is -0.374 e. The van der Waals surface area contributed by atoms with E-state index in [4.69, 9.17) is 4.74 Å². The van der Waals surface area contributed by atoms with E-state index < -0.39 is 0 Å². The first-order chi connectivity index (χ1) is 6.84. The van der Waals surface area contributed by atoms with Crippen molar-refractivity contribution < 1.29 is 9.13 Å². The van der Waals surface area contributed by atoms with Crippen LogP contribution in [0.3, 0.4) is 0 Å². The Balaban J connectivity index is 1.93. The van der Waals surface area contributed by atoms with Crippen molar-refractivity contribution in [1.82, 2.24) is 0 Å². The number of ether oxygens (including phenoxy) is 1. The van der Waals surface area contributed by atoms with E-state index in [1.165, 1.54) is 6.07 Å². The summed E-state index contributed by atoms with van der Waals surface area (Å²) in [6, 6.07) is 7.35. The smallest absolute Gasteiger partial charge is 0.146 e. The molecule has 2 aliphatic heterocycles. The Kier molecular flexibility index (Phi) is 1.74. The fourth-order valence-electron chi connectivity index (χ4n) is 2.38. The Bertz CT molecular complexity index is 355. The number of rotatable bonds is 1. The van der Waals surface area contributed by atoms with Crippen LogP contribution in [0.2, 0.25) is 0 Å². The van der Waals surface area contributed by atoms with Crippen molar-refractivity contribution in [2.75, 3.05) is 18.1 Å². The summed E-state index contributed by atoms with van der Waals surface area (Å²) < 4.78 is 19.0. The van der Waals surface area contributed by atoms with Gasteiger partial charge in [0.2, 0.25) is 0 Å². The molecular formula is C11H12FNO. The zero-order chi connectivity index (χ0) is 9.54. The van der Waals surface area contributed by atoms with Crippen molar-refractivity contribution in [3.63, 3.8) is 0 Å². The van der Waals surface area contributed by atoms with Crippen LogP contribution in [0.4, 0.5) is 10.1 Å². The van der Waals surface area contributed by atoms with Gasteiger partial charge in [-0.1, -0.05) is 12.1 Å². The minimum atomic E-state index is -0.125. The van der Waals surface area contributed by atoms with Crippen LogP contribution in [-0.4, -0.2) is 25.3 Å². The molecule has 74 valence electrons. The van der Waals surface area contributed by atoms with E-state index in [9.17, 15) is 4.39 Å². The van der Waals surface area contributed by atoms with E-state index in [0.29, 0.717) is 12.1 Å². The number of para-hydroxylation sites is 1. The van der Waals surface area contributed by atoms with Crippen molar-refractivity contribution in [3.8, 4) is 0 Å². The molecule has 0 spiro atoms. The normalized spacial score (nSPS) is 29.9. The van der Waals surface area contributed by atoms with Crippen LogP contribution in [-0.2, 0) is 4.74 Å². The monoisotopic (exact) mass is 193 g/mol. The third-order valence-corrected chi connectivity index (χ3v) is 3.06. The van der Waals surface area contributed by atoms with E-state index in [-0.39, 0.29) is 5.82 Å². The van der Waals surface area contributed by atoms with E-state index >= 15 is 0 Å². The fraction of sp³-hybridized carbons (Fsp3) is 0.455. The number of hydrogen-bond donors (Lipinski definition) is 0. The van der Waals surface area contributed by atoms with Crippen LogP contribution in [0.25, 0.3) is 0 Å². The summed E-state index contributed by atoms with van der Waals surface area (Å²) >= 11 is 0. The summed E-state index contributed by atoms with van der Waals surface area (Å²) in [6.45, 7) is 1.59. The predicted molar refractivity (Wildman–Crippen MR) is 51.9 cm³/mol. The first-order valence-corrected chi connectivity index (χ1v) is 4.97. The molecular weight excluding hydrogens is 181 g/mol. The van der Waals surface area contributed by atoms with Gasteiger partial charge in [-0.05, 0) is 18.6 Å². The second-order valence-electron chi connectivity index (χ2n) is 3.95. The molecule has 2 nitrogen and oxygen atoms in total. The van der Waals surface area contributed by atoms with Gasteiger partial charge in [-0.2, -0.15) is 0 Å². The highest BCUT2D eigenvalue weighted by Gasteiger charge is 2.39. The fourth-order valence-corrected chi connectivity index (χ4v) is 2.38. The van der Waals surface area contributed by atoms with Crippen LogP contribution in [0, 0.1) is 5.82 Å². The molecule has 2 heterocycles. The molecule has 0 aliphatic carbocycles. The van der Waals surface area contributed by atoms with Gasteiger partial charge in [-0.25, -0.2) is 4.39 Å². The van der Waals surface area contributed by atoms with E-state index in [0.717, 1.165) is 25.3 Å². The van der Waals surface area contributed by atoms with Gasteiger partial charge in [0.05, 0.1) is 24.4 Å². The van der Waals surface area contributed by atoms with Crippen LogP contribution < -0.4 is 4.90 Å². The van der Waals surface area contributed by atoms with Crippen molar-refractivity contribution in [2.45, 2.75) is 18.6 Å². The van der Waals surface area contributed by atoms with Gasteiger partial charge in [0.1, 0.15) is 5.82 Å². The van der Waals surface area contributed by atoms with Gasteiger partial charge in [-0.3, -0.25) is 0 Å². The predicted octanol–water partition coefficient (Wildman–Crippen LogP) is 1.80. The molecule has 14 heavy (non-hydrogen) atoms. The number of anilines is 1. The maximum Gasteiger partial charge on any atom is 0.146 e. The average molecular weight is 193 g/mol. The Morgan fingerprint density at radius 3 is 2.86 bits per heavy atom. The molecule has 1 aromatic carbocycles. The lowest BCUT2D eigenvalue weighted by Gasteiger charge is -2.29. The molecule has 0 radical (unpaired) electrons. The first-order valence-electron chi connectivity index (χ1n) is 4.97. The number of fused-ring (bicyclic) bond motifs is 2. The summed E-state index contributed by atoms with van der Waals surface area (Å²) in [5, 5.41) is 0. The topological polar surface area (TPSA) is 12.5 Å². The minimum absolute atomic E-state index is 0.125. The van der Waals surface area contributed by atoms with E-state index in [1.807, 2.05) is 12.1 Å². The largest absolute Gasteiger partial charge is 0.374 e. The van der Waals surface area contributed by atoms with E-state index in [1.54, 1.807) is 6.07 Å². The summed E-state index contributed by atoms with van der Waals surface area (Å²) in [5.74, 6) is -0.125. The van der Waals surface area contributed by atoms with E-state index in [2.05, 4.69) is 4.90 Å². The third kappa shape index (κ3) is 1.12. The lowest BCUT2D eigenvalue weighted by molar-refractivity contribution is 0.0989. The second-order valence-corrected chi connectivity index (χ2v) is 3.95. The van der Waals surface area contributed by atoms with Gasteiger partial charge in [0.15, 0.2) is 0 Å². The molecule has 0 aromatic heterocycles. The highest BCUT2D eigenvalue weighted by molar-refractivity contribution is 5.50. The summed E-state index contributed by atoms with van der Waals surface area (Å²) in [4.78, 5) is 2.13. The number of morpholine rings is 1. The molecule has 0 N–H and O–H groups in total. The molecule has 3 heteroatoms. The molecule has 2 aliphatic rings. The molecule has 2 saturated heterocycles. The lowest BCUT2D eigenvalue weighted by Crippen LogP contribution is -2.37. The van der Waals surface area contributed by atoms with Gasteiger partial charge in [0.25, 0.3) is 0 Å². The highest BCUT2D eigenvalue weighted by Crippen LogP contribution is 2.33. The van der Waals surface area contributed by atoms with Crippen molar-refractivity contribution >= 4 is 5.69 Å².